The average molecular weight is 211 g/mol. The first-order valence-electron chi connectivity index (χ1n) is 5.67. The molecule has 0 aliphatic carbocycles. The van der Waals surface area contributed by atoms with Crippen LogP contribution in [0.2, 0.25) is 0 Å². The number of rotatable bonds is 2. The number of nitrogens with zero attached hydrogens (tertiary/aromatic N) is 1. The van der Waals surface area contributed by atoms with Gasteiger partial charge in [0.1, 0.15) is 5.78 Å². The lowest BCUT2D eigenvalue weighted by atomic mass is 10.1. The van der Waals surface area contributed by atoms with E-state index in [1.54, 1.807) is 4.90 Å². The summed E-state index contributed by atoms with van der Waals surface area (Å²) in [6.07, 6.45) is 4.15. The third-order valence-electron chi connectivity index (χ3n) is 3.06. The normalized spacial score (nSPS) is 28.3. The minimum Gasteiger partial charge on any atom is -0.376 e. The van der Waals surface area contributed by atoms with Crippen molar-refractivity contribution in [3.05, 3.63) is 0 Å². The standard InChI is InChI=1S/C11H17NO3/c13-9-4-5-12(11(14)7-9)8-10-3-1-2-6-15-10/h10H,1-8H2. The van der Waals surface area contributed by atoms with Crippen molar-refractivity contribution in [1.82, 2.24) is 4.90 Å². The van der Waals surface area contributed by atoms with Gasteiger partial charge in [0.2, 0.25) is 5.91 Å². The van der Waals surface area contributed by atoms with E-state index in [0.29, 0.717) is 19.5 Å². The van der Waals surface area contributed by atoms with Crippen LogP contribution in [0.4, 0.5) is 0 Å². The van der Waals surface area contributed by atoms with Crippen molar-refractivity contribution < 1.29 is 14.3 Å². The van der Waals surface area contributed by atoms with E-state index in [0.717, 1.165) is 19.4 Å². The summed E-state index contributed by atoms with van der Waals surface area (Å²) >= 11 is 0. The van der Waals surface area contributed by atoms with Crippen molar-refractivity contribution in [1.29, 1.82) is 0 Å². The number of ether oxygens (including phenoxy) is 1. The number of hydrogen-bond acceptors (Lipinski definition) is 3. The fourth-order valence-electron chi connectivity index (χ4n) is 2.14. The maximum Gasteiger partial charge on any atom is 0.230 e. The Balaban J connectivity index is 1.82. The highest BCUT2D eigenvalue weighted by molar-refractivity contribution is 6.00. The van der Waals surface area contributed by atoms with Gasteiger partial charge in [-0.1, -0.05) is 0 Å². The van der Waals surface area contributed by atoms with Crippen LogP contribution in [0.5, 0.6) is 0 Å². The zero-order valence-corrected chi connectivity index (χ0v) is 8.91. The number of carbonyl (C=O) groups is 2. The molecule has 1 unspecified atom stereocenters. The van der Waals surface area contributed by atoms with Crippen LogP contribution in [0.1, 0.15) is 32.1 Å². The monoisotopic (exact) mass is 211 g/mol. The van der Waals surface area contributed by atoms with E-state index < -0.39 is 0 Å². The van der Waals surface area contributed by atoms with Crippen LogP contribution < -0.4 is 0 Å². The number of Topliss-reactive ketones (excluding diaryl/α,β-unsaturated/α-hetero) is 1. The molecule has 4 nitrogen and oxygen atoms in total. The van der Waals surface area contributed by atoms with E-state index in [1.165, 1.54) is 6.42 Å². The summed E-state index contributed by atoms with van der Waals surface area (Å²) in [5.74, 6) is 0.0428. The minimum atomic E-state index is -0.0274. The van der Waals surface area contributed by atoms with Crippen molar-refractivity contribution >= 4 is 11.7 Å². The third kappa shape index (κ3) is 2.78. The molecular formula is C11H17NO3. The first-order chi connectivity index (χ1) is 7.25. The lowest BCUT2D eigenvalue weighted by molar-refractivity contribution is -0.141. The van der Waals surface area contributed by atoms with Gasteiger partial charge in [0.05, 0.1) is 12.5 Å². The first-order valence-corrected chi connectivity index (χ1v) is 5.67. The van der Waals surface area contributed by atoms with Crippen LogP contribution in [-0.4, -0.2) is 42.4 Å². The van der Waals surface area contributed by atoms with Gasteiger partial charge in [-0.25, -0.2) is 0 Å². The fourth-order valence-corrected chi connectivity index (χ4v) is 2.14. The zero-order chi connectivity index (χ0) is 10.7. The summed E-state index contributed by atoms with van der Waals surface area (Å²) in [7, 11) is 0. The lowest BCUT2D eigenvalue weighted by Crippen LogP contribution is -2.44. The van der Waals surface area contributed by atoms with Crippen LogP contribution in [-0.2, 0) is 14.3 Å². The SMILES string of the molecule is O=C1CCN(CC2CCCCO2)C(=O)C1. The quantitative estimate of drug-likeness (QED) is 0.633. The highest BCUT2D eigenvalue weighted by Gasteiger charge is 2.26. The summed E-state index contributed by atoms with van der Waals surface area (Å²) in [5, 5.41) is 0. The molecule has 0 aromatic heterocycles. The number of carbonyl (C=O) groups excluding carboxylic acids is 2. The van der Waals surface area contributed by atoms with Crippen molar-refractivity contribution in [2.45, 2.75) is 38.2 Å². The summed E-state index contributed by atoms with van der Waals surface area (Å²) in [6, 6.07) is 0. The molecule has 1 amide bonds. The second kappa shape index (κ2) is 4.75. The summed E-state index contributed by atoms with van der Waals surface area (Å²) in [6.45, 7) is 2.06. The largest absolute Gasteiger partial charge is 0.376 e. The Morgan fingerprint density at radius 2 is 2.20 bits per heavy atom. The van der Waals surface area contributed by atoms with Gasteiger partial charge in [-0.05, 0) is 19.3 Å². The maximum atomic E-state index is 11.5. The number of hydrogen-bond donors (Lipinski definition) is 0. The molecule has 84 valence electrons. The van der Waals surface area contributed by atoms with Gasteiger partial charge >= 0.3 is 0 Å². The summed E-state index contributed by atoms with van der Waals surface area (Å²) < 4.78 is 5.58. The van der Waals surface area contributed by atoms with Gasteiger partial charge in [0, 0.05) is 26.1 Å². The van der Waals surface area contributed by atoms with Crippen LogP contribution in [0, 0.1) is 0 Å². The number of ketones is 1. The molecule has 2 rings (SSSR count). The Morgan fingerprint density at radius 3 is 2.87 bits per heavy atom. The Morgan fingerprint density at radius 1 is 1.33 bits per heavy atom. The van der Waals surface area contributed by atoms with E-state index in [-0.39, 0.29) is 24.2 Å². The topological polar surface area (TPSA) is 46.6 Å². The molecule has 2 saturated heterocycles. The average Bonchev–Trinajstić information content (AvgIpc) is 2.24. The van der Waals surface area contributed by atoms with Crippen molar-refractivity contribution in [3.63, 3.8) is 0 Å². The van der Waals surface area contributed by atoms with Gasteiger partial charge in [0.15, 0.2) is 0 Å². The van der Waals surface area contributed by atoms with Crippen molar-refractivity contribution in [3.8, 4) is 0 Å². The Hall–Kier alpha value is -0.900. The van der Waals surface area contributed by atoms with Crippen molar-refractivity contribution in [2.75, 3.05) is 19.7 Å². The summed E-state index contributed by atoms with van der Waals surface area (Å²) in [4.78, 5) is 24.3. The number of amides is 1. The predicted molar refractivity (Wildman–Crippen MR) is 54.4 cm³/mol. The molecule has 2 aliphatic rings. The molecule has 0 radical (unpaired) electrons. The predicted octanol–water partition coefficient (Wildman–Crippen LogP) is 0.747. The van der Waals surface area contributed by atoms with E-state index in [9.17, 15) is 9.59 Å². The van der Waals surface area contributed by atoms with E-state index in [4.69, 9.17) is 4.74 Å². The second-order valence-corrected chi connectivity index (χ2v) is 4.29. The molecule has 0 aromatic rings. The first kappa shape index (κ1) is 10.6. The molecule has 0 spiro atoms. The molecule has 2 heterocycles. The highest BCUT2D eigenvalue weighted by atomic mass is 16.5. The molecular weight excluding hydrogens is 194 g/mol. The highest BCUT2D eigenvalue weighted by Crippen LogP contribution is 2.16. The van der Waals surface area contributed by atoms with Gasteiger partial charge < -0.3 is 9.64 Å². The molecule has 0 bridgehead atoms. The Kier molecular flexibility index (Phi) is 3.36. The second-order valence-electron chi connectivity index (χ2n) is 4.29. The Labute approximate surface area is 89.6 Å². The molecule has 2 fully saturated rings. The summed E-state index contributed by atoms with van der Waals surface area (Å²) in [5.41, 5.74) is 0. The van der Waals surface area contributed by atoms with Crippen LogP contribution in [0.15, 0.2) is 0 Å². The number of piperidine rings is 1. The molecule has 4 heteroatoms. The van der Waals surface area contributed by atoms with E-state index in [1.807, 2.05) is 0 Å². The molecule has 0 N–H and O–H groups in total. The molecule has 1 atom stereocenters. The van der Waals surface area contributed by atoms with Crippen LogP contribution in [0.3, 0.4) is 0 Å². The third-order valence-corrected chi connectivity index (χ3v) is 3.06. The van der Waals surface area contributed by atoms with Crippen LogP contribution >= 0.6 is 0 Å². The van der Waals surface area contributed by atoms with Crippen molar-refractivity contribution in [2.24, 2.45) is 0 Å². The van der Waals surface area contributed by atoms with E-state index >= 15 is 0 Å². The van der Waals surface area contributed by atoms with Gasteiger partial charge in [-0.2, -0.15) is 0 Å². The lowest BCUT2D eigenvalue weighted by Gasteiger charge is -2.31. The van der Waals surface area contributed by atoms with Gasteiger partial charge in [0.25, 0.3) is 0 Å². The molecule has 0 saturated carbocycles. The number of likely N-dealkylation sites (tertiary alicyclic amines) is 1. The maximum absolute atomic E-state index is 11.5. The van der Waals surface area contributed by atoms with Crippen LogP contribution in [0.25, 0.3) is 0 Å². The van der Waals surface area contributed by atoms with E-state index in [2.05, 4.69) is 0 Å². The molecule has 15 heavy (non-hydrogen) atoms. The molecule has 0 aromatic carbocycles. The zero-order valence-electron chi connectivity index (χ0n) is 8.91. The Bertz CT molecular complexity index is 259. The smallest absolute Gasteiger partial charge is 0.230 e. The van der Waals surface area contributed by atoms with Gasteiger partial charge in [-0.15, -0.1) is 0 Å². The fraction of sp³-hybridized carbons (Fsp3) is 0.818. The van der Waals surface area contributed by atoms with Gasteiger partial charge in [-0.3, -0.25) is 9.59 Å². The minimum absolute atomic E-state index is 0.0274. The molecule has 2 aliphatic heterocycles.